The fraction of sp³-hybridized carbons (Fsp3) is 0.500. The first kappa shape index (κ1) is 21.1. The zero-order valence-electron chi connectivity index (χ0n) is 13.9. The Morgan fingerprint density at radius 1 is 1.28 bits per heavy atom. The highest BCUT2D eigenvalue weighted by Gasteiger charge is 2.34. The smallest absolute Gasteiger partial charge is 0.418 e. The number of nitrogens with two attached hydrogens (primary N) is 1. The number of rotatable bonds is 5. The number of hydrogen-bond acceptors (Lipinski definition) is 5. The van der Waals surface area contributed by atoms with Crippen LogP contribution in [0.15, 0.2) is 12.1 Å². The summed E-state index contributed by atoms with van der Waals surface area (Å²) >= 11 is 5.70. The molecule has 1 atom stereocenters. The number of halogens is 4. The van der Waals surface area contributed by atoms with Crippen LogP contribution in [0, 0.1) is 5.92 Å². The van der Waals surface area contributed by atoms with Gasteiger partial charge in [0.1, 0.15) is 5.60 Å². The van der Waals surface area contributed by atoms with Gasteiger partial charge in [-0.3, -0.25) is 4.79 Å². The van der Waals surface area contributed by atoms with Crippen molar-refractivity contribution in [1.29, 1.82) is 0 Å². The number of anilines is 1. The van der Waals surface area contributed by atoms with Crippen molar-refractivity contribution in [2.45, 2.75) is 45.4 Å². The topological polar surface area (TPSA) is 92.5 Å². The van der Waals surface area contributed by atoms with E-state index in [9.17, 15) is 27.9 Å². The van der Waals surface area contributed by atoms with Gasteiger partial charge >= 0.3 is 12.1 Å². The molecule has 0 amide bonds. The zero-order valence-corrected chi connectivity index (χ0v) is 14.6. The Kier molecular flexibility index (Phi) is 6.33. The minimum absolute atomic E-state index is 0.0238. The fourth-order valence-electron chi connectivity index (χ4n) is 2.13. The summed E-state index contributed by atoms with van der Waals surface area (Å²) in [6, 6.07) is 1.85. The van der Waals surface area contributed by atoms with Crippen molar-refractivity contribution in [2.75, 3.05) is 5.73 Å². The van der Waals surface area contributed by atoms with Crippen molar-refractivity contribution < 1.29 is 32.6 Å². The van der Waals surface area contributed by atoms with Crippen molar-refractivity contribution in [3.05, 3.63) is 28.3 Å². The van der Waals surface area contributed by atoms with E-state index in [2.05, 4.69) is 0 Å². The standard InChI is InChI=1S/C16H19ClF3NO4/c1-15(2,3)25-12(22)7-9(14(23)24)4-8-5-10(16(18,19)20)13(21)11(17)6-8/h5-6,9H,4,7,21H2,1-3H3,(H,23,24)/p-1/t9-/m0/s1. The molecule has 0 saturated heterocycles. The third kappa shape index (κ3) is 6.45. The lowest BCUT2D eigenvalue weighted by atomic mass is 9.94. The van der Waals surface area contributed by atoms with E-state index in [1.54, 1.807) is 20.8 Å². The van der Waals surface area contributed by atoms with E-state index in [1.807, 2.05) is 0 Å². The minimum atomic E-state index is -4.74. The van der Waals surface area contributed by atoms with Crippen molar-refractivity contribution in [3.8, 4) is 0 Å². The third-order valence-electron chi connectivity index (χ3n) is 3.14. The number of benzene rings is 1. The minimum Gasteiger partial charge on any atom is -0.550 e. The van der Waals surface area contributed by atoms with Crippen LogP contribution in [-0.4, -0.2) is 17.5 Å². The van der Waals surface area contributed by atoms with Crippen LogP contribution in [0.1, 0.15) is 38.3 Å². The zero-order chi connectivity index (χ0) is 19.6. The molecule has 1 aromatic carbocycles. The van der Waals surface area contributed by atoms with Crippen LogP contribution in [0.25, 0.3) is 0 Å². The van der Waals surface area contributed by atoms with E-state index in [1.165, 1.54) is 0 Å². The summed E-state index contributed by atoms with van der Waals surface area (Å²) in [5.74, 6) is -3.73. The number of carbonyl (C=O) groups is 2. The van der Waals surface area contributed by atoms with Crippen LogP contribution in [0.5, 0.6) is 0 Å². The lowest BCUT2D eigenvalue weighted by Gasteiger charge is -2.23. The second kappa shape index (κ2) is 7.51. The van der Waals surface area contributed by atoms with Crippen molar-refractivity contribution >= 4 is 29.2 Å². The van der Waals surface area contributed by atoms with Gasteiger partial charge in [-0.1, -0.05) is 11.6 Å². The average molecular weight is 381 g/mol. The van der Waals surface area contributed by atoms with Crippen LogP contribution < -0.4 is 10.8 Å². The lowest BCUT2D eigenvalue weighted by Crippen LogP contribution is -2.35. The molecule has 25 heavy (non-hydrogen) atoms. The summed E-state index contributed by atoms with van der Waals surface area (Å²) in [5, 5.41) is 10.9. The second-order valence-electron chi connectivity index (χ2n) is 6.55. The van der Waals surface area contributed by atoms with Gasteiger partial charge in [-0.15, -0.1) is 0 Å². The summed E-state index contributed by atoms with van der Waals surface area (Å²) in [7, 11) is 0. The highest BCUT2D eigenvalue weighted by atomic mass is 35.5. The van der Waals surface area contributed by atoms with E-state index in [0.29, 0.717) is 6.07 Å². The van der Waals surface area contributed by atoms with Crippen LogP contribution in [0.2, 0.25) is 5.02 Å². The fourth-order valence-corrected chi connectivity index (χ4v) is 2.38. The van der Waals surface area contributed by atoms with E-state index >= 15 is 0 Å². The number of nitrogen functional groups attached to an aromatic ring is 1. The number of ether oxygens (including phenoxy) is 1. The van der Waals surface area contributed by atoms with Gasteiger partial charge in [-0.05, 0) is 44.9 Å². The Morgan fingerprint density at radius 3 is 2.28 bits per heavy atom. The van der Waals surface area contributed by atoms with E-state index < -0.39 is 47.3 Å². The van der Waals surface area contributed by atoms with Gasteiger partial charge < -0.3 is 20.4 Å². The van der Waals surface area contributed by atoms with Crippen molar-refractivity contribution in [2.24, 2.45) is 5.92 Å². The Hall–Kier alpha value is -1.96. The van der Waals surface area contributed by atoms with Crippen LogP contribution in [0.4, 0.5) is 18.9 Å². The largest absolute Gasteiger partial charge is 0.550 e. The Balaban J connectivity index is 3.05. The summed E-state index contributed by atoms with van der Waals surface area (Å²) in [5.41, 5.74) is 2.68. The van der Waals surface area contributed by atoms with E-state index in [-0.39, 0.29) is 17.0 Å². The molecule has 1 aromatic rings. The molecule has 9 heteroatoms. The number of aliphatic carboxylic acids is 1. The number of hydrogen-bond donors (Lipinski definition) is 1. The van der Waals surface area contributed by atoms with Crippen LogP contribution in [-0.2, 0) is 26.9 Å². The van der Waals surface area contributed by atoms with E-state index in [0.717, 1.165) is 6.07 Å². The summed E-state index contributed by atoms with van der Waals surface area (Å²) < 4.78 is 43.9. The molecule has 5 nitrogen and oxygen atoms in total. The molecule has 0 bridgehead atoms. The van der Waals surface area contributed by atoms with Gasteiger partial charge in [0.05, 0.1) is 22.7 Å². The highest BCUT2D eigenvalue weighted by molar-refractivity contribution is 6.33. The highest BCUT2D eigenvalue weighted by Crippen LogP contribution is 2.38. The number of carboxylic acid groups (broad SMARTS) is 1. The predicted molar refractivity (Wildman–Crippen MR) is 83.5 cm³/mol. The lowest BCUT2D eigenvalue weighted by molar-refractivity contribution is -0.311. The number of esters is 1. The molecule has 140 valence electrons. The Bertz CT molecular complexity index is 669. The molecule has 1 rings (SSSR count). The maximum absolute atomic E-state index is 13.0. The first-order valence-corrected chi connectivity index (χ1v) is 7.66. The van der Waals surface area contributed by atoms with Gasteiger partial charge in [0.25, 0.3) is 0 Å². The molecule has 2 N–H and O–H groups in total. The van der Waals surface area contributed by atoms with Crippen molar-refractivity contribution in [3.63, 3.8) is 0 Å². The second-order valence-corrected chi connectivity index (χ2v) is 6.95. The van der Waals surface area contributed by atoms with Gasteiger partial charge in [-0.2, -0.15) is 13.2 Å². The molecule has 0 spiro atoms. The average Bonchev–Trinajstić information content (AvgIpc) is 2.38. The molecule has 0 unspecified atom stereocenters. The first-order valence-electron chi connectivity index (χ1n) is 7.28. The number of alkyl halides is 3. The Labute approximate surface area is 147 Å². The molecule has 0 aliphatic rings. The Morgan fingerprint density at radius 2 is 1.84 bits per heavy atom. The molecule has 0 fully saturated rings. The molecule has 0 aromatic heterocycles. The normalized spacial score (nSPS) is 13.4. The molecular weight excluding hydrogens is 363 g/mol. The molecule has 0 saturated carbocycles. The van der Waals surface area contributed by atoms with Crippen LogP contribution >= 0.6 is 11.6 Å². The number of carbonyl (C=O) groups excluding carboxylic acids is 2. The van der Waals surface area contributed by atoms with Gasteiger partial charge in [0, 0.05) is 11.9 Å². The molecular formula is C16H18ClF3NO4-. The number of carboxylic acids is 1. The van der Waals surface area contributed by atoms with Gasteiger partial charge in [0.2, 0.25) is 0 Å². The maximum atomic E-state index is 13.0. The van der Waals surface area contributed by atoms with Crippen molar-refractivity contribution in [1.82, 2.24) is 0 Å². The monoisotopic (exact) mass is 380 g/mol. The molecule has 0 heterocycles. The quantitative estimate of drug-likeness (QED) is 0.626. The molecule has 0 aliphatic heterocycles. The van der Waals surface area contributed by atoms with Gasteiger partial charge in [0.15, 0.2) is 0 Å². The summed E-state index contributed by atoms with van der Waals surface area (Å²) in [4.78, 5) is 23.0. The SMILES string of the molecule is CC(C)(C)OC(=O)C[C@H](Cc1cc(Cl)c(N)c(C(F)(F)F)c1)C(=O)[O-]. The van der Waals surface area contributed by atoms with Crippen LogP contribution in [0.3, 0.4) is 0 Å². The molecule has 0 radical (unpaired) electrons. The maximum Gasteiger partial charge on any atom is 0.418 e. The summed E-state index contributed by atoms with van der Waals surface area (Å²) in [6.45, 7) is 4.82. The van der Waals surface area contributed by atoms with Gasteiger partial charge in [-0.25, -0.2) is 0 Å². The first-order chi connectivity index (χ1) is 11.2. The predicted octanol–water partition coefficient (Wildman–Crippen LogP) is 2.58. The summed E-state index contributed by atoms with van der Waals surface area (Å²) in [6.07, 6.45) is -5.67. The van der Waals surface area contributed by atoms with E-state index in [4.69, 9.17) is 22.1 Å². The molecule has 0 aliphatic carbocycles. The third-order valence-corrected chi connectivity index (χ3v) is 3.46.